The van der Waals surface area contributed by atoms with E-state index in [9.17, 15) is 14.4 Å². The average Bonchev–Trinajstić information content (AvgIpc) is 2.66. The lowest BCUT2D eigenvalue weighted by molar-refractivity contribution is -0.122. The number of halogens is 3. The standard InChI is InChI=1S/C20H15Cl3N2O4/c1-2-7-29-17-15(22)9-11(10-16(17)23)8-14-18(26)24-20(28)25(19(14)27)13-5-3-12(21)4-6-13/h3-6,8-10H,2,7H2,1H3,(H,24,26,28)/b14-8+. The zero-order chi connectivity index (χ0) is 21.1. The molecular formula is C20H15Cl3N2O4. The first-order valence-corrected chi connectivity index (χ1v) is 9.74. The van der Waals surface area contributed by atoms with E-state index < -0.39 is 17.8 Å². The van der Waals surface area contributed by atoms with Gasteiger partial charge in [0.05, 0.1) is 22.3 Å². The second-order valence-corrected chi connectivity index (χ2v) is 7.35. The summed E-state index contributed by atoms with van der Waals surface area (Å²) in [7, 11) is 0. The molecule has 6 nitrogen and oxygen atoms in total. The van der Waals surface area contributed by atoms with Crippen molar-refractivity contribution in [3.8, 4) is 5.75 Å². The van der Waals surface area contributed by atoms with Gasteiger partial charge >= 0.3 is 6.03 Å². The van der Waals surface area contributed by atoms with Crippen molar-refractivity contribution >= 4 is 64.4 Å². The van der Waals surface area contributed by atoms with Crippen molar-refractivity contribution in [3.63, 3.8) is 0 Å². The van der Waals surface area contributed by atoms with Crippen LogP contribution in [0.1, 0.15) is 18.9 Å². The predicted octanol–water partition coefficient (Wildman–Crippen LogP) is 5.10. The fourth-order valence-corrected chi connectivity index (χ4v) is 3.39. The summed E-state index contributed by atoms with van der Waals surface area (Å²) in [5, 5.41) is 3.08. The third-order valence-electron chi connectivity index (χ3n) is 3.97. The van der Waals surface area contributed by atoms with Crippen LogP contribution in [0.5, 0.6) is 5.75 Å². The smallest absolute Gasteiger partial charge is 0.335 e. The van der Waals surface area contributed by atoms with Gasteiger partial charge in [0.25, 0.3) is 11.8 Å². The molecule has 9 heteroatoms. The van der Waals surface area contributed by atoms with Gasteiger partial charge < -0.3 is 4.74 Å². The van der Waals surface area contributed by atoms with Gasteiger partial charge in [-0.2, -0.15) is 0 Å². The Morgan fingerprint density at radius 1 is 1.03 bits per heavy atom. The minimum absolute atomic E-state index is 0.242. The van der Waals surface area contributed by atoms with Gasteiger partial charge in [0.2, 0.25) is 0 Å². The molecule has 0 bridgehead atoms. The number of urea groups is 1. The van der Waals surface area contributed by atoms with Gasteiger partial charge in [0, 0.05) is 5.02 Å². The molecule has 0 atom stereocenters. The Morgan fingerprint density at radius 2 is 1.66 bits per heavy atom. The average molecular weight is 454 g/mol. The number of ether oxygens (including phenoxy) is 1. The summed E-state index contributed by atoms with van der Waals surface area (Å²) >= 11 is 18.3. The fourth-order valence-electron chi connectivity index (χ4n) is 2.65. The number of hydrogen-bond donors (Lipinski definition) is 1. The van der Waals surface area contributed by atoms with Crippen LogP contribution in [-0.2, 0) is 9.59 Å². The Bertz CT molecular complexity index is 996. The van der Waals surface area contributed by atoms with E-state index in [4.69, 9.17) is 39.5 Å². The number of imide groups is 2. The molecule has 29 heavy (non-hydrogen) atoms. The van der Waals surface area contributed by atoms with Crippen LogP contribution in [0.2, 0.25) is 15.1 Å². The first-order chi connectivity index (χ1) is 13.8. The van der Waals surface area contributed by atoms with E-state index in [1.165, 1.54) is 42.5 Å². The van der Waals surface area contributed by atoms with Gasteiger partial charge in [-0.1, -0.05) is 41.7 Å². The minimum Gasteiger partial charge on any atom is -0.490 e. The van der Waals surface area contributed by atoms with Crippen molar-refractivity contribution in [1.82, 2.24) is 5.32 Å². The number of rotatable bonds is 5. The van der Waals surface area contributed by atoms with Crippen molar-refractivity contribution in [1.29, 1.82) is 0 Å². The Hall–Kier alpha value is -2.54. The predicted molar refractivity (Wildman–Crippen MR) is 113 cm³/mol. The van der Waals surface area contributed by atoms with Crippen molar-refractivity contribution in [3.05, 3.63) is 62.6 Å². The monoisotopic (exact) mass is 452 g/mol. The molecule has 0 radical (unpaired) electrons. The van der Waals surface area contributed by atoms with E-state index in [0.717, 1.165) is 11.3 Å². The second kappa shape index (κ2) is 8.86. The quantitative estimate of drug-likeness (QED) is 0.505. The Kier molecular flexibility index (Phi) is 6.47. The lowest BCUT2D eigenvalue weighted by atomic mass is 10.1. The normalized spacial score (nSPS) is 15.7. The maximum absolute atomic E-state index is 12.9. The van der Waals surface area contributed by atoms with E-state index in [1.807, 2.05) is 6.92 Å². The first-order valence-electron chi connectivity index (χ1n) is 8.60. The van der Waals surface area contributed by atoms with Gasteiger partial charge in [-0.3, -0.25) is 14.9 Å². The molecule has 2 aromatic rings. The van der Waals surface area contributed by atoms with Gasteiger partial charge in [-0.15, -0.1) is 0 Å². The van der Waals surface area contributed by atoms with Crippen LogP contribution in [0.25, 0.3) is 6.08 Å². The lowest BCUT2D eigenvalue weighted by Gasteiger charge is -2.26. The molecule has 0 aliphatic carbocycles. The van der Waals surface area contributed by atoms with Gasteiger partial charge in [-0.05, 0) is 54.5 Å². The first kappa shape index (κ1) is 21.2. The van der Waals surface area contributed by atoms with Gasteiger partial charge in [0.15, 0.2) is 5.75 Å². The third-order valence-corrected chi connectivity index (χ3v) is 4.78. The third kappa shape index (κ3) is 4.56. The zero-order valence-electron chi connectivity index (χ0n) is 15.2. The summed E-state index contributed by atoms with van der Waals surface area (Å²) in [5.41, 5.74) is 0.441. The van der Waals surface area contributed by atoms with Crippen LogP contribution in [0, 0.1) is 0 Å². The molecule has 1 N–H and O–H groups in total. The molecule has 0 saturated carbocycles. The van der Waals surface area contributed by atoms with E-state index in [1.54, 1.807) is 0 Å². The van der Waals surface area contributed by atoms with Gasteiger partial charge in [0.1, 0.15) is 5.57 Å². The largest absolute Gasteiger partial charge is 0.490 e. The fraction of sp³-hybridized carbons (Fsp3) is 0.150. The van der Waals surface area contributed by atoms with Crippen LogP contribution in [0.3, 0.4) is 0 Å². The van der Waals surface area contributed by atoms with Gasteiger partial charge in [-0.25, -0.2) is 9.69 Å². The molecule has 4 amide bonds. The molecule has 2 aromatic carbocycles. The van der Waals surface area contributed by atoms with Crippen LogP contribution >= 0.6 is 34.8 Å². The summed E-state index contributed by atoms with van der Waals surface area (Å²) in [6, 6.07) is 8.27. The summed E-state index contributed by atoms with van der Waals surface area (Å²) in [6.07, 6.45) is 2.09. The molecule has 1 aliphatic rings. The highest BCUT2D eigenvalue weighted by molar-refractivity contribution is 6.40. The zero-order valence-corrected chi connectivity index (χ0v) is 17.4. The van der Waals surface area contributed by atoms with E-state index in [2.05, 4.69) is 5.32 Å². The molecule has 3 rings (SSSR count). The van der Waals surface area contributed by atoms with E-state index in [-0.39, 0.29) is 21.3 Å². The molecule has 1 fully saturated rings. The van der Waals surface area contributed by atoms with E-state index in [0.29, 0.717) is 22.9 Å². The van der Waals surface area contributed by atoms with Crippen LogP contribution in [-0.4, -0.2) is 24.5 Å². The molecule has 0 spiro atoms. The number of carbonyl (C=O) groups is 3. The second-order valence-electron chi connectivity index (χ2n) is 6.10. The summed E-state index contributed by atoms with van der Waals surface area (Å²) in [4.78, 5) is 38.2. The lowest BCUT2D eigenvalue weighted by Crippen LogP contribution is -2.54. The summed E-state index contributed by atoms with van der Waals surface area (Å²) < 4.78 is 5.51. The van der Waals surface area contributed by atoms with Crippen molar-refractivity contribution < 1.29 is 19.1 Å². The summed E-state index contributed by atoms with van der Waals surface area (Å²) in [5.74, 6) is -1.27. The molecular weight excluding hydrogens is 439 g/mol. The van der Waals surface area contributed by atoms with Crippen LogP contribution < -0.4 is 15.0 Å². The maximum Gasteiger partial charge on any atom is 0.335 e. The molecule has 0 unspecified atom stereocenters. The number of barbiturate groups is 1. The number of nitrogens with zero attached hydrogens (tertiary/aromatic N) is 1. The Labute approximate surface area is 182 Å². The van der Waals surface area contributed by atoms with Crippen molar-refractivity contribution in [2.24, 2.45) is 0 Å². The molecule has 1 heterocycles. The number of amides is 4. The molecule has 150 valence electrons. The number of anilines is 1. The van der Waals surface area contributed by atoms with Crippen LogP contribution in [0.15, 0.2) is 42.0 Å². The highest BCUT2D eigenvalue weighted by atomic mass is 35.5. The van der Waals surface area contributed by atoms with E-state index >= 15 is 0 Å². The molecule has 0 aromatic heterocycles. The van der Waals surface area contributed by atoms with Crippen molar-refractivity contribution in [2.45, 2.75) is 13.3 Å². The molecule has 1 saturated heterocycles. The Balaban J connectivity index is 1.97. The molecule has 1 aliphatic heterocycles. The number of nitrogens with one attached hydrogen (secondary N) is 1. The Morgan fingerprint density at radius 3 is 2.24 bits per heavy atom. The SMILES string of the molecule is CCCOc1c(Cl)cc(/C=C2\C(=O)NC(=O)N(c3ccc(Cl)cc3)C2=O)cc1Cl. The van der Waals surface area contributed by atoms with Crippen LogP contribution in [0.4, 0.5) is 10.5 Å². The number of hydrogen-bond acceptors (Lipinski definition) is 4. The number of carbonyl (C=O) groups excluding carboxylic acids is 3. The highest BCUT2D eigenvalue weighted by Crippen LogP contribution is 2.35. The maximum atomic E-state index is 12.9. The topological polar surface area (TPSA) is 75.7 Å². The highest BCUT2D eigenvalue weighted by Gasteiger charge is 2.36. The minimum atomic E-state index is -0.848. The number of benzene rings is 2. The van der Waals surface area contributed by atoms with Crippen molar-refractivity contribution in [2.75, 3.05) is 11.5 Å². The summed E-state index contributed by atoms with van der Waals surface area (Å²) in [6.45, 7) is 2.39.